The van der Waals surface area contributed by atoms with E-state index in [1.807, 2.05) is 6.92 Å². The number of hydrogen-bond acceptors (Lipinski definition) is 16. The Morgan fingerprint density at radius 1 is 0.983 bits per heavy atom. The number of carbonyl (C=O) groups is 4. The number of phenols is 2. The quantitative estimate of drug-likeness (QED) is 0.161. The summed E-state index contributed by atoms with van der Waals surface area (Å²) >= 11 is 0. The number of amides is 1. The molecule has 3 aliphatic heterocycles. The number of hydrogen-bond donors (Lipinski definition) is 4. The smallest absolute Gasteiger partial charge is 0.245 e. The van der Waals surface area contributed by atoms with Gasteiger partial charge in [0.1, 0.15) is 42.2 Å². The van der Waals surface area contributed by atoms with Gasteiger partial charge in [-0.1, -0.05) is 18.6 Å². The molecule has 17 nitrogen and oxygen atoms in total. The summed E-state index contributed by atoms with van der Waals surface area (Å²) in [5, 5.41) is 38.9. The molecule has 8 rings (SSSR count). The highest BCUT2D eigenvalue weighted by molar-refractivity contribution is 6.31. The lowest BCUT2D eigenvalue weighted by atomic mass is 9.72. The number of aromatic hydroxyl groups is 2. The number of carbonyl (C=O) groups excluding carboxylic acids is 4. The average Bonchev–Trinajstić information content (AvgIpc) is 3.61. The lowest BCUT2D eigenvalue weighted by molar-refractivity contribution is -0.258. The van der Waals surface area contributed by atoms with Gasteiger partial charge in [0.25, 0.3) is 0 Å². The molecule has 2 aromatic carbocycles. The van der Waals surface area contributed by atoms with Crippen molar-refractivity contribution in [1.82, 2.24) is 10.2 Å². The van der Waals surface area contributed by atoms with Crippen molar-refractivity contribution in [3.63, 3.8) is 0 Å². The molecule has 17 heteroatoms. The second kappa shape index (κ2) is 15.9. The molecule has 0 radical (unpaired) electrons. The van der Waals surface area contributed by atoms with Crippen LogP contribution in [-0.4, -0.2) is 140 Å². The van der Waals surface area contributed by atoms with Crippen LogP contribution in [0.15, 0.2) is 18.2 Å². The van der Waals surface area contributed by atoms with E-state index in [4.69, 9.17) is 37.9 Å². The van der Waals surface area contributed by atoms with Crippen LogP contribution in [0.1, 0.15) is 101 Å². The van der Waals surface area contributed by atoms with Crippen molar-refractivity contribution in [2.45, 2.75) is 113 Å². The van der Waals surface area contributed by atoms with Crippen molar-refractivity contribution >= 4 is 23.3 Å². The molecule has 6 aliphatic rings. The van der Waals surface area contributed by atoms with Gasteiger partial charge < -0.3 is 58.5 Å². The Kier molecular flexibility index (Phi) is 11.1. The number of nitrogens with one attached hydrogen (secondary N) is 1. The van der Waals surface area contributed by atoms with Gasteiger partial charge >= 0.3 is 0 Å². The summed E-state index contributed by atoms with van der Waals surface area (Å²) in [4.78, 5) is 56.8. The molecule has 0 unspecified atom stereocenters. The van der Waals surface area contributed by atoms with Crippen LogP contribution in [0.4, 0.5) is 0 Å². The maximum absolute atomic E-state index is 14.3. The first-order valence-corrected chi connectivity index (χ1v) is 19.8. The Morgan fingerprint density at radius 2 is 1.72 bits per heavy atom. The van der Waals surface area contributed by atoms with Crippen LogP contribution in [0, 0.1) is 0 Å². The van der Waals surface area contributed by atoms with E-state index in [0.29, 0.717) is 26.0 Å². The van der Waals surface area contributed by atoms with Gasteiger partial charge in [-0.05, 0) is 25.8 Å². The van der Waals surface area contributed by atoms with Crippen LogP contribution < -0.4 is 10.1 Å². The van der Waals surface area contributed by atoms with Crippen LogP contribution in [0.5, 0.6) is 17.2 Å². The largest absolute Gasteiger partial charge is 0.507 e. The monoisotopic (exact) mass is 810 g/mol. The van der Waals surface area contributed by atoms with E-state index < -0.39 is 102 Å². The number of benzene rings is 2. The van der Waals surface area contributed by atoms with Crippen LogP contribution in [0.2, 0.25) is 0 Å². The van der Waals surface area contributed by atoms with E-state index in [2.05, 4.69) is 10.2 Å². The highest BCUT2D eigenvalue weighted by Gasteiger charge is 2.55. The molecule has 3 heterocycles. The van der Waals surface area contributed by atoms with E-state index >= 15 is 0 Å². The molecule has 0 aromatic heterocycles. The molecule has 4 fully saturated rings. The zero-order chi connectivity index (χ0) is 41.1. The van der Waals surface area contributed by atoms with E-state index in [9.17, 15) is 34.5 Å². The number of ether oxygens (including phenoxy) is 8. The minimum absolute atomic E-state index is 0.0422. The number of methoxy groups -OCH3 is 2. The number of morpholine rings is 1. The predicted octanol–water partition coefficient (Wildman–Crippen LogP) is 2.16. The van der Waals surface area contributed by atoms with Gasteiger partial charge in [0.05, 0.1) is 42.6 Å². The number of rotatable bonds is 11. The first-order chi connectivity index (χ1) is 27.8. The molecule has 1 saturated carbocycles. The van der Waals surface area contributed by atoms with Gasteiger partial charge in [0.15, 0.2) is 36.2 Å². The second-order valence-corrected chi connectivity index (χ2v) is 15.8. The lowest BCUT2D eigenvalue weighted by Gasteiger charge is -2.43. The number of fused-ring (bicyclic) bond motifs is 6. The van der Waals surface area contributed by atoms with Gasteiger partial charge in [0.2, 0.25) is 11.7 Å². The number of likely N-dealkylation sites (N-methyl/N-ethyl adjacent to an activating group) is 1. The van der Waals surface area contributed by atoms with Crippen LogP contribution in [0.3, 0.4) is 0 Å². The van der Waals surface area contributed by atoms with Crippen molar-refractivity contribution in [2.75, 3.05) is 47.6 Å². The highest BCUT2D eigenvalue weighted by atomic mass is 16.7. The molecule has 2 aromatic rings. The summed E-state index contributed by atoms with van der Waals surface area (Å²) in [6, 6.07) is 4.26. The van der Waals surface area contributed by atoms with Crippen molar-refractivity contribution in [1.29, 1.82) is 0 Å². The molecule has 8 atom stereocenters. The number of aliphatic hydroxyl groups is 1. The minimum atomic E-state index is -2.27. The van der Waals surface area contributed by atoms with Gasteiger partial charge in [-0.2, -0.15) is 0 Å². The van der Waals surface area contributed by atoms with Crippen molar-refractivity contribution in [3.8, 4) is 17.2 Å². The summed E-state index contributed by atoms with van der Waals surface area (Å²) in [5.74, 6) is -5.09. The fourth-order valence-electron chi connectivity index (χ4n) is 9.56. The van der Waals surface area contributed by atoms with Gasteiger partial charge in [-0.3, -0.25) is 24.1 Å². The SMILES string of the molecule is CNC(=O)COC1(OCC(=O)[C@]2(O)Cc3c(O)c4c(c(O)c3[C@@H](O[C@H]3C[C@H]5[C@H](O[C@@H]6[C@@H](OC)OCCN65)[C@H](C)O3)C2)C(=O)c2c(OC)cccc2C4=O)CCCCC1. The summed E-state index contributed by atoms with van der Waals surface area (Å²) in [7, 11) is 4.37. The normalized spacial score (nSPS) is 31.4. The molecular formula is C41H50N2O15. The number of nitrogens with zero attached hydrogens (tertiary/aromatic N) is 1. The summed E-state index contributed by atoms with van der Waals surface area (Å²) in [5.41, 5.74) is -3.48. The Morgan fingerprint density at radius 3 is 2.45 bits per heavy atom. The van der Waals surface area contributed by atoms with E-state index in [1.54, 1.807) is 7.11 Å². The standard InChI is InChI=1S/C41H50N2O15/c1-20-37-23(43-13-14-53-39(52-4)38(43)58-37)15-28(56-20)57-25-17-40(50,26(44)18-54-41(11-6-5-7-12-41)55-19-27(45)42-2)16-22-30(25)36(49)32-31(34(22)47)33(46)21-9-8-10-24(51-3)29(21)35(32)48/h8-10,20,23,25,28,37-39,47,49-50H,5-7,11-19H2,1-4H3,(H,42,45)/t20-,23-,25-,28-,37+,38+,39-,40-/m0/s1. The molecule has 3 saturated heterocycles. The zero-order valence-corrected chi connectivity index (χ0v) is 32.9. The number of Topliss-reactive ketones (excluding diaryl/α,β-unsaturated/α-hetero) is 1. The molecule has 4 N–H and O–H groups in total. The second-order valence-electron chi connectivity index (χ2n) is 15.8. The first-order valence-electron chi connectivity index (χ1n) is 19.8. The minimum Gasteiger partial charge on any atom is -0.507 e. The van der Waals surface area contributed by atoms with Crippen molar-refractivity contribution in [2.24, 2.45) is 0 Å². The Hall–Kier alpha value is -4.04. The van der Waals surface area contributed by atoms with Crippen molar-refractivity contribution in [3.05, 3.63) is 51.6 Å². The molecule has 58 heavy (non-hydrogen) atoms. The Bertz CT molecular complexity index is 1980. The summed E-state index contributed by atoms with van der Waals surface area (Å²) < 4.78 is 48.1. The van der Waals surface area contributed by atoms with Gasteiger partial charge in [0, 0.05) is 75.5 Å². The molecule has 3 aliphatic carbocycles. The third-order valence-corrected chi connectivity index (χ3v) is 12.5. The maximum Gasteiger partial charge on any atom is 0.245 e. The van der Waals surface area contributed by atoms with Crippen LogP contribution in [-0.2, 0) is 49.2 Å². The Balaban J connectivity index is 1.15. The molecule has 1 amide bonds. The fraction of sp³-hybridized carbons (Fsp3) is 0.610. The highest BCUT2D eigenvalue weighted by Crippen LogP contribution is 2.53. The van der Waals surface area contributed by atoms with Crippen molar-refractivity contribution < 1.29 is 72.4 Å². The predicted molar refractivity (Wildman–Crippen MR) is 198 cm³/mol. The maximum atomic E-state index is 14.3. The fourth-order valence-corrected chi connectivity index (χ4v) is 9.56. The first kappa shape index (κ1) is 40.7. The molecule has 314 valence electrons. The Labute approximate surface area is 334 Å². The third kappa shape index (κ3) is 6.89. The average molecular weight is 811 g/mol. The van der Waals surface area contributed by atoms with E-state index in [-0.39, 0.29) is 59.1 Å². The van der Waals surface area contributed by atoms with Gasteiger partial charge in [-0.25, -0.2) is 0 Å². The number of phenolic OH excluding ortho intramolecular Hbond substituents is 2. The number of ketones is 3. The lowest BCUT2D eigenvalue weighted by Crippen LogP contribution is -2.55. The summed E-state index contributed by atoms with van der Waals surface area (Å²) in [6.45, 7) is 1.89. The van der Waals surface area contributed by atoms with Gasteiger partial charge in [-0.15, -0.1) is 0 Å². The van der Waals surface area contributed by atoms with E-state index in [0.717, 1.165) is 19.3 Å². The molecule has 0 bridgehead atoms. The topological polar surface area (TPSA) is 218 Å². The molecular weight excluding hydrogens is 760 g/mol. The third-order valence-electron chi connectivity index (χ3n) is 12.5. The zero-order valence-electron chi connectivity index (χ0n) is 32.9. The van der Waals surface area contributed by atoms with Crippen LogP contribution in [0.25, 0.3) is 0 Å². The molecule has 0 spiro atoms. The summed E-state index contributed by atoms with van der Waals surface area (Å²) in [6.07, 6.45) is -1.76. The van der Waals surface area contributed by atoms with Crippen LogP contribution >= 0.6 is 0 Å². The van der Waals surface area contributed by atoms with E-state index in [1.165, 1.54) is 32.4 Å².